The third-order valence-electron chi connectivity index (χ3n) is 7.71. The van der Waals surface area contributed by atoms with Gasteiger partial charge in [0.25, 0.3) is 5.88 Å². The van der Waals surface area contributed by atoms with E-state index in [-0.39, 0.29) is 40.7 Å². The molecule has 188 valence electrons. The highest BCUT2D eigenvalue weighted by molar-refractivity contribution is 6.74. The molecule has 0 saturated carbocycles. The molecule has 7 nitrogen and oxygen atoms in total. The Hall–Kier alpha value is -1.74. The van der Waals surface area contributed by atoms with Gasteiger partial charge in [-0.2, -0.15) is 0 Å². The van der Waals surface area contributed by atoms with Crippen molar-refractivity contribution in [1.82, 2.24) is 9.55 Å². The van der Waals surface area contributed by atoms with Gasteiger partial charge < -0.3 is 23.2 Å². The summed E-state index contributed by atoms with van der Waals surface area (Å²) in [6.45, 7) is 20.6. The molecular weight excluding hydrogens is 448 g/mol. The number of hydrogen-bond donors (Lipinski definition) is 0. The molecule has 1 aromatic carbocycles. The molecule has 8 heteroatoms. The summed E-state index contributed by atoms with van der Waals surface area (Å²) in [7, 11) is -1.94. The first kappa shape index (κ1) is 25.4. The maximum atomic E-state index is 13.3. The van der Waals surface area contributed by atoms with Crippen LogP contribution in [0, 0.1) is 0 Å². The number of nitrogens with zero attached hydrogens (tertiary/aromatic N) is 2. The Morgan fingerprint density at radius 3 is 2.41 bits per heavy atom. The summed E-state index contributed by atoms with van der Waals surface area (Å²) in [5.74, 6) is -0.630. The summed E-state index contributed by atoms with van der Waals surface area (Å²) in [6, 6.07) is 6.04. The average Bonchev–Trinajstić information content (AvgIpc) is 3.02. The van der Waals surface area contributed by atoms with Gasteiger partial charge in [0.05, 0.1) is 17.6 Å². The Morgan fingerprint density at radius 1 is 1.12 bits per heavy atom. The van der Waals surface area contributed by atoms with Crippen molar-refractivity contribution < 1.29 is 18.6 Å². The van der Waals surface area contributed by atoms with E-state index >= 15 is 0 Å². The van der Waals surface area contributed by atoms with Crippen LogP contribution < -0.4 is 10.3 Å². The first-order valence-electron chi connectivity index (χ1n) is 12.3. The second kappa shape index (κ2) is 8.43. The molecule has 2 aliphatic rings. The zero-order valence-corrected chi connectivity index (χ0v) is 23.2. The molecule has 1 saturated heterocycles. The SMILES string of the molecule is CC1(C)O[C@@H](COc2nc3cccc4c3n(c2=O)CCC4(C)C)[C@H](CO[Si](C)(C)C(C)(C)C)O1. The highest BCUT2D eigenvalue weighted by atomic mass is 28.4. The average molecular weight is 489 g/mol. The summed E-state index contributed by atoms with van der Waals surface area (Å²) in [5.41, 5.74) is 2.67. The minimum absolute atomic E-state index is 0.00792. The van der Waals surface area contributed by atoms with E-state index < -0.39 is 14.1 Å². The van der Waals surface area contributed by atoms with Gasteiger partial charge in [-0.05, 0) is 55.4 Å². The van der Waals surface area contributed by atoms with Gasteiger partial charge in [0.1, 0.15) is 18.8 Å². The minimum Gasteiger partial charge on any atom is -0.471 e. The summed E-state index contributed by atoms with van der Waals surface area (Å²) >= 11 is 0. The van der Waals surface area contributed by atoms with Crippen LogP contribution in [0.4, 0.5) is 0 Å². The summed E-state index contributed by atoms with van der Waals surface area (Å²) in [5, 5.41) is 0.104. The van der Waals surface area contributed by atoms with Gasteiger partial charge >= 0.3 is 5.56 Å². The Bertz CT molecular complexity index is 1130. The van der Waals surface area contributed by atoms with E-state index in [0.29, 0.717) is 13.2 Å². The van der Waals surface area contributed by atoms with E-state index in [4.69, 9.17) is 18.6 Å². The van der Waals surface area contributed by atoms with Gasteiger partial charge in [-0.25, -0.2) is 4.98 Å². The number of benzene rings is 1. The minimum atomic E-state index is -1.94. The highest BCUT2D eigenvalue weighted by Crippen LogP contribution is 2.38. The predicted octanol–water partition coefficient (Wildman–Crippen LogP) is 5.00. The fraction of sp³-hybridized carbons (Fsp3) is 0.692. The van der Waals surface area contributed by atoms with Crippen molar-refractivity contribution in [2.75, 3.05) is 13.2 Å². The molecule has 2 aliphatic heterocycles. The fourth-order valence-corrected chi connectivity index (χ4v) is 5.53. The van der Waals surface area contributed by atoms with Gasteiger partial charge in [0, 0.05) is 6.54 Å². The molecule has 0 aliphatic carbocycles. The fourth-order valence-electron chi connectivity index (χ4n) is 4.52. The number of aryl methyl sites for hydroxylation is 1. The van der Waals surface area contributed by atoms with Crippen molar-refractivity contribution in [1.29, 1.82) is 0 Å². The molecule has 1 fully saturated rings. The first-order valence-corrected chi connectivity index (χ1v) is 15.2. The Morgan fingerprint density at radius 2 is 1.76 bits per heavy atom. The van der Waals surface area contributed by atoms with Gasteiger partial charge in [-0.15, -0.1) is 0 Å². The molecule has 2 aromatic rings. The molecule has 0 bridgehead atoms. The van der Waals surface area contributed by atoms with Crippen LogP contribution in [-0.2, 0) is 25.9 Å². The van der Waals surface area contributed by atoms with Crippen molar-refractivity contribution in [3.8, 4) is 5.88 Å². The molecule has 4 rings (SSSR count). The third-order valence-corrected chi connectivity index (χ3v) is 12.2. The van der Waals surface area contributed by atoms with E-state index in [0.717, 1.165) is 23.0 Å². The van der Waals surface area contributed by atoms with Crippen molar-refractivity contribution >= 4 is 19.4 Å². The molecule has 1 aromatic heterocycles. The predicted molar refractivity (Wildman–Crippen MR) is 136 cm³/mol. The van der Waals surface area contributed by atoms with Crippen LogP contribution in [-0.4, -0.2) is 49.1 Å². The molecule has 3 heterocycles. The number of para-hydroxylation sites is 1. The Kier molecular flexibility index (Phi) is 6.29. The topological polar surface area (TPSA) is 71.8 Å². The van der Waals surface area contributed by atoms with Crippen molar-refractivity contribution in [2.45, 2.75) is 103 Å². The molecule has 0 radical (unpaired) electrons. The van der Waals surface area contributed by atoms with Crippen LogP contribution in [0.15, 0.2) is 23.0 Å². The quantitative estimate of drug-likeness (QED) is 0.533. The molecule has 0 amide bonds. The summed E-state index contributed by atoms with van der Waals surface area (Å²) in [6.07, 6.45) is 0.254. The number of ether oxygens (including phenoxy) is 3. The zero-order valence-electron chi connectivity index (χ0n) is 22.2. The molecule has 0 spiro atoms. The van der Waals surface area contributed by atoms with Crippen LogP contribution in [0.3, 0.4) is 0 Å². The lowest BCUT2D eigenvalue weighted by atomic mass is 9.79. The lowest BCUT2D eigenvalue weighted by Crippen LogP contribution is -2.44. The number of hydrogen-bond acceptors (Lipinski definition) is 6. The largest absolute Gasteiger partial charge is 0.471 e. The first-order chi connectivity index (χ1) is 15.6. The second-order valence-electron chi connectivity index (χ2n) is 12.3. The standard InChI is InChI=1S/C26H40N2O5Si/c1-24(2,3)34(8,9)31-16-20-19(32-26(6,7)33-20)15-30-22-23(29)28-14-13-25(4,5)17-11-10-12-18(27-22)21(17)28/h10-12,19-20H,13-16H2,1-9H3/t19-,20-/m0/s1. The Balaban J connectivity index is 1.55. The van der Waals surface area contributed by atoms with E-state index in [9.17, 15) is 4.79 Å². The van der Waals surface area contributed by atoms with E-state index in [2.05, 4.69) is 58.8 Å². The molecule has 34 heavy (non-hydrogen) atoms. The van der Waals surface area contributed by atoms with Gasteiger partial charge in [0.15, 0.2) is 14.1 Å². The second-order valence-corrected chi connectivity index (χ2v) is 17.1. The van der Waals surface area contributed by atoms with Crippen molar-refractivity contribution in [3.05, 3.63) is 34.1 Å². The summed E-state index contributed by atoms with van der Waals surface area (Å²) < 4.78 is 26.5. The highest BCUT2D eigenvalue weighted by Gasteiger charge is 2.44. The molecule has 2 atom stereocenters. The van der Waals surface area contributed by atoms with Crippen molar-refractivity contribution in [2.24, 2.45) is 0 Å². The van der Waals surface area contributed by atoms with E-state index in [1.807, 2.05) is 30.5 Å². The van der Waals surface area contributed by atoms with Crippen molar-refractivity contribution in [3.63, 3.8) is 0 Å². The molecule has 0 unspecified atom stereocenters. The van der Waals surface area contributed by atoms with E-state index in [1.54, 1.807) is 0 Å². The van der Waals surface area contributed by atoms with Gasteiger partial charge in [0.2, 0.25) is 0 Å². The van der Waals surface area contributed by atoms with Gasteiger partial charge in [-0.3, -0.25) is 4.79 Å². The lowest BCUT2D eigenvalue weighted by molar-refractivity contribution is -0.150. The van der Waals surface area contributed by atoms with Crippen LogP contribution in [0.2, 0.25) is 18.1 Å². The Labute approximate surface area is 203 Å². The number of aromatic nitrogens is 2. The van der Waals surface area contributed by atoms with Crippen LogP contribution in [0.5, 0.6) is 5.88 Å². The lowest BCUT2D eigenvalue weighted by Gasteiger charge is -2.37. The van der Waals surface area contributed by atoms with Gasteiger partial charge in [-0.1, -0.05) is 46.8 Å². The van der Waals surface area contributed by atoms with Crippen LogP contribution in [0.25, 0.3) is 11.0 Å². The molecule has 0 N–H and O–H groups in total. The van der Waals surface area contributed by atoms with E-state index in [1.165, 1.54) is 0 Å². The maximum Gasteiger partial charge on any atom is 0.313 e. The monoisotopic (exact) mass is 488 g/mol. The third kappa shape index (κ3) is 4.70. The normalized spacial score (nSPS) is 23.9. The molecular formula is C26H40N2O5Si. The van der Waals surface area contributed by atoms with Crippen LogP contribution >= 0.6 is 0 Å². The number of rotatable bonds is 6. The zero-order chi connectivity index (χ0) is 25.1. The smallest absolute Gasteiger partial charge is 0.313 e. The maximum absolute atomic E-state index is 13.3. The van der Waals surface area contributed by atoms with Crippen LogP contribution in [0.1, 0.15) is 60.5 Å². The summed E-state index contributed by atoms with van der Waals surface area (Å²) in [4.78, 5) is 17.9.